The van der Waals surface area contributed by atoms with Crippen LogP contribution >= 0.6 is 11.6 Å². The molecule has 0 aromatic carbocycles. The van der Waals surface area contributed by atoms with Gasteiger partial charge >= 0.3 is 6.01 Å². The summed E-state index contributed by atoms with van der Waals surface area (Å²) in [4.78, 5) is 8.20. The van der Waals surface area contributed by atoms with E-state index in [2.05, 4.69) is 15.3 Å². The van der Waals surface area contributed by atoms with Crippen molar-refractivity contribution >= 4 is 17.4 Å². The largest absolute Gasteiger partial charge is 0.467 e. The Labute approximate surface area is 107 Å². The van der Waals surface area contributed by atoms with Gasteiger partial charge < -0.3 is 10.1 Å². The van der Waals surface area contributed by atoms with E-state index in [1.165, 1.54) is 38.5 Å². The lowest BCUT2D eigenvalue weighted by molar-refractivity contribution is 0.380. The van der Waals surface area contributed by atoms with Crippen molar-refractivity contribution in [3.8, 4) is 6.01 Å². The number of nitrogens with zero attached hydrogens (tertiary/aromatic N) is 2. The first-order valence-electron chi connectivity index (χ1n) is 6.12. The highest BCUT2D eigenvalue weighted by Crippen LogP contribution is 2.25. The Morgan fingerprint density at radius 1 is 1.29 bits per heavy atom. The second kappa shape index (κ2) is 6.05. The van der Waals surface area contributed by atoms with Gasteiger partial charge in [-0.15, -0.1) is 0 Å². The van der Waals surface area contributed by atoms with Crippen LogP contribution in [0.25, 0.3) is 0 Å². The molecule has 1 aliphatic rings. The third kappa shape index (κ3) is 3.46. The molecule has 1 aliphatic carbocycles. The van der Waals surface area contributed by atoms with E-state index in [4.69, 9.17) is 16.3 Å². The molecule has 0 radical (unpaired) electrons. The zero-order valence-electron chi connectivity index (χ0n) is 10.1. The number of halogens is 1. The third-order valence-electron chi connectivity index (χ3n) is 3.10. The van der Waals surface area contributed by atoms with Crippen molar-refractivity contribution in [2.75, 3.05) is 12.4 Å². The molecule has 17 heavy (non-hydrogen) atoms. The van der Waals surface area contributed by atoms with E-state index < -0.39 is 0 Å². The summed E-state index contributed by atoms with van der Waals surface area (Å²) in [5.41, 5.74) is 0. The minimum absolute atomic E-state index is 0.352. The van der Waals surface area contributed by atoms with Crippen LogP contribution in [0.4, 0.5) is 5.82 Å². The Kier molecular flexibility index (Phi) is 4.42. The molecule has 0 bridgehead atoms. The van der Waals surface area contributed by atoms with Gasteiger partial charge in [-0.05, 0) is 12.8 Å². The number of ether oxygens (including phenoxy) is 1. The van der Waals surface area contributed by atoms with E-state index in [0.29, 0.717) is 22.9 Å². The van der Waals surface area contributed by atoms with Crippen LogP contribution in [0.1, 0.15) is 38.5 Å². The number of hydrogen-bond acceptors (Lipinski definition) is 4. The van der Waals surface area contributed by atoms with Gasteiger partial charge in [-0.3, -0.25) is 0 Å². The summed E-state index contributed by atoms with van der Waals surface area (Å²) >= 11 is 6.07. The maximum Gasteiger partial charge on any atom is 0.318 e. The Balaban J connectivity index is 2.05. The second-order valence-electron chi connectivity index (χ2n) is 4.39. The zero-order chi connectivity index (χ0) is 12.1. The van der Waals surface area contributed by atoms with Crippen molar-refractivity contribution in [1.29, 1.82) is 0 Å². The highest BCUT2D eigenvalue weighted by atomic mass is 35.5. The average molecular weight is 256 g/mol. The first kappa shape index (κ1) is 12.4. The van der Waals surface area contributed by atoms with Crippen LogP contribution in [-0.2, 0) is 0 Å². The van der Waals surface area contributed by atoms with Gasteiger partial charge in [0.05, 0.1) is 13.3 Å². The van der Waals surface area contributed by atoms with Gasteiger partial charge in [-0.1, -0.05) is 37.3 Å². The van der Waals surface area contributed by atoms with Crippen LogP contribution in [0.2, 0.25) is 5.02 Å². The lowest BCUT2D eigenvalue weighted by Gasteiger charge is -2.17. The van der Waals surface area contributed by atoms with E-state index in [1.807, 2.05) is 0 Å². The lowest BCUT2D eigenvalue weighted by atomic mass is 10.1. The van der Waals surface area contributed by atoms with Gasteiger partial charge in [0.25, 0.3) is 0 Å². The van der Waals surface area contributed by atoms with E-state index in [-0.39, 0.29) is 0 Å². The van der Waals surface area contributed by atoms with Gasteiger partial charge in [0.1, 0.15) is 5.02 Å². The first-order valence-corrected chi connectivity index (χ1v) is 6.50. The SMILES string of the molecule is COc1ncc(Cl)c(NC2CCCCCC2)n1. The van der Waals surface area contributed by atoms with Crippen molar-refractivity contribution in [3.63, 3.8) is 0 Å². The van der Waals surface area contributed by atoms with Crippen LogP contribution in [-0.4, -0.2) is 23.1 Å². The summed E-state index contributed by atoms with van der Waals surface area (Å²) in [6.07, 6.45) is 9.16. The minimum Gasteiger partial charge on any atom is -0.467 e. The minimum atomic E-state index is 0.352. The number of aromatic nitrogens is 2. The fourth-order valence-corrected chi connectivity index (χ4v) is 2.31. The quantitative estimate of drug-likeness (QED) is 0.842. The van der Waals surface area contributed by atoms with E-state index in [1.54, 1.807) is 13.3 Å². The fourth-order valence-electron chi connectivity index (χ4n) is 2.17. The summed E-state index contributed by atoms with van der Waals surface area (Å²) in [5.74, 6) is 0.686. The molecule has 1 saturated carbocycles. The second-order valence-corrected chi connectivity index (χ2v) is 4.79. The van der Waals surface area contributed by atoms with Gasteiger partial charge in [0.2, 0.25) is 0 Å². The number of methoxy groups -OCH3 is 1. The fraction of sp³-hybridized carbons (Fsp3) is 0.667. The van der Waals surface area contributed by atoms with Crippen LogP contribution in [0.15, 0.2) is 6.20 Å². The van der Waals surface area contributed by atoms with E-state index in [0.717, 1.165) is 0 Å². The molecular weight excluding hydrogens is 238 g/mol. The molecule has 5 heteroatoms. The molecule has 1 aromatic rings. The number of hydrogen-bond donors (Lipinski definition) is 1. The molecular formula is C12H18ClN3O. The smallest absolute Gasteiger partial charge is 0.318 e. The monoisotopic (exact) mass is 255 g/mol. The topological polar surface area (TPSA) is 47.0 Å². The first-order chi connectivity index (χ1) is 8.29. The molecule has 4 nitrogen and oxygen atoms in total. The van der Waals surface area contributed by atoms with Crippen molar-refractivity contribution in [1.82, 2.24) is 9.97 Å². The Morgan fingerprint density at radius 3 is 2.65 bits per heavy atom. The number of nitrogens with one attached hydrogen (secondary N) is 1. The van der Waals surface area contributed by atoms with E-state index >= 15 is 0 Å². The highest BCUT2D eigenvalue weighted by Gasteiger charge is 2.14. The summed E-state index contributed by atoms with van der Waals surface area (Å²) < 4.78 is 5.00. The number of anilines is 1. The van der Waals surface area contributed by atoms with E-state index in [9.17, 15) is 0 Å². The van der Waals surface area contributed by atoms with Gasteiger partial charge in [0.15, 0.2) is 5.82 Å². The predicted molar refractivity (Wildman–Crippen MR) is 68.7 cm³/mol. The summed E-state index contributed by atoms with van der Waals surface area (Å²) in [6, 6.07) is 0.820. The van der Waals surface area contributed by atoms with Crippen LogP contribution < -0.4 is 10.1 Å². The molecule has 1 N–H and O–H groups in total. The average Bonchev–Trinajstić information content (AvgIpc) is 2.60. The molecule has 0 unspecified atom stereocenters. The Bertz CT molecular complexity index is 365. The number of rotatable bonds is 3. The Hall–Kier alpha value is -1.03. The molecule has 1 fully saturated rings. The maximum absolute atomic E-state index is 6.07. The van der Waals surface area contributed by atoms with Crippen molar-refractivity contribution in [3.05, 3.63) is 11.2 Å². The normalized spacial score (nSPS) is 17.5. The van der Waals surface area contributed by atoms with Crippen LogP contribution in [0, 0.1) is 0 Å². The molecule has 1 aromatic heterocycles. The molecule has 0 aliphatic heterocycles. The predicted octanol–water partition coefficient (Wildman–Crippen LogP) is 3.27. The summed E-state index contributed by atoms with van der Waals surface area (Å²) in [6.45, 7) is 0. The van der Waals surface area contributed by atoms with Crippen molar-refractivity contribution in [2.24, 2.45) is 0 Å². The molecule has 94 valence electrons. The third-order valence-corrected chi connectivity index (χ3v) is 3.38. The Morgan fingerprint density at radius 2 is 2.00 bits per heavy atom. The van der Waals surface area contributed by atoms with Gasteiger partial charge in [0, 0.05) is 6.04 Å². The maximum atomic E-state index is 6.07. The molecule has 0 amide bonds. The van der Waals surface area contributed by atoms with Crippen molar-refractivity contribution in [2.45, 2.75) is 44.6 Å². The molecule has 0 saturated heterocycles. The molecule has 2 rings (SSSR count). The molecule has 1 heterocycles. The molecule has 0 spiro atoms. The van der Waals surface area contributed by atoms with Gasteiger partial charge in [-0.25, -0.2) is 4.98 Å². The highest BCUT2D eigenvalue weighted by molar-refractivity contribution is 6.32. The lowest BCUT2D eigenvalue weighted by Crippen LogP contribution is -2.19. The van der Waals surface area contributed by atoms with Gasteiger partial charge in [-0.2, -0.15) is 4.98 Å². The molecule has 0 atom stereocenters. The standard InChI is InChI=1S/C12H18ClN3O/c1-17-12-14-8-10(13)11(16-12)15-9-6-4-2-3-5-7-9/h8-9H,2-7H2,1H3,(H,14,15,16). The van der Waals surface area contributed by atoms with Crippen LogP contribution in [0.3, 0.4) is 0 Å². The summed E-state index contributed by atoms with van der Waals surface area (Å²) in [5, 5.41) is 3.95. The van der Waals surface area contributed by atoms with Crippen molar-refractivity contribution < 1.29 is 4.74 Å². The zero-order valence-corrected chi connectivity index (χ0v) is 10.8. The summed E-state index contributed by atoms with van der Waals surface area (Å²) in [7, 11) is 1.55. The van der Waals surface area contributed by atoms with Crippen LogP contribution in [0.5, 0.6) is 6.01 Å².